The number of benzene rings is 2. The van der Waals surface area contributed by atoms with E-state index in [4.69, 9.17) is 34.8 Å². The fourth-order valence-corrected chi connectivity index (χ4v) is 4.14. The van der Waals surface area contributed by atoms with Crippen LogP contribution in [0.2, 0.25) is 15.1 Å². The van der Waals surface area contributed by atoms with E-state index in [1.165, 1.54) is 0 Å². The zero-order chi connectivity index (χ0) is 18.7. The van der Waals surface area contributed by atoms with E-state index in [1.807, 2.05) is 41.5 Å². The lowest BCUT2D eigenvalue weighted by molar-refractivity contribution is 0.0628. The van der Waals surface area contributed by atoms with E-state index in [9.17, 15) is 4.79 Å². The van der Waals surface area contributed by atoms with Crippen LogP contribution in [0.1, 0.15) is 15.9 Å². The summed E-state index contributed by atoms with van der Waals surface area (Å²) in [5.41, 5.74) is 1.51. The van der Waals surface area contributed by atoms with Gasteiger partial charge in [0.15, 0.2) is 0 Å². The third kappa shape index (κ3) is 4.49. The summed E-state index contributed by atoms with van der Waals surface area (Å²) in [6.45, 7) is 3.53. The highest BCUT2D eigenvalue weighted by Gasteiger charge is 2.24. The van der Waals surface area contributed by atoms with Crippen LogP contribution in [0.15, 0.2) is 41.3 Å². The van der Waals surface area contributed by atoms with E-state index in [1.54, 1.807) is 17.8 Å². The third-order valence-corrected chi connectivity index (χ3v) is 6.27. The molecule has 2 aromatic rings. The Morgan fingerprint density at radius 3 is 2.27 bits per heavy atom. The zero-order valence-corrected chi connectivity index (χ0v) is 17.4. The van der Waals surface area contributed by atoms with Gasteiger partial charge in [0.05, 0.1) is 10.6 Å². The fourth-order valence-electron chi connectivity index (χ4n) is 2.98. The minimum Gasteiger partial charge on any atom is -0.336 e. The van der Waals surface area contributed by atoms with Crippen molar-refractivity contribution in [2.45, 2.75) is 11.4 Å². The molecule has 26 heavy (non-hydrogen) atoms. The van der Waals surface area contributed by atoms with Crippen LogP contribution in [0, 0.1) is 0 Å². The number of halogens is 3. The molecule has 0 aliphatic carbocycles. The monoisotopic (exact) mass is 428 g/mol. The Bertz CT molecular complexity index is 787. The average Bonchev–Trinajstić information content (AvgIpc) is 2.65. The van der Waals surface area contributed by atoms with Gasteiger partial charge in [-0.25, -0.2) is 0 Å². The Hall–Kier alpha value is -0.910. The first-order valence-electron chi connectivity index (χ1n) is 8.27. The van der Waals surface area contributed by atoms with Crippen LogP contribution in [0.3, 0.4) is 0 Å². The minimum absolute atomic E-state index is 0.0127. The molecule has 0 saturated carbocycles. The first-order chi connectivity index (χ1) is 12.5. The van der Waals surface area contributed by atoms with E-state index in [0.29, 0.717) is 40.3 Å². The largest absolute Gasteiger partial charge is 0.336 e. The molecule has 138 valence electrons. The molecule has 7 heteroatoms. The Morgan fingerprint density at radius 1 is 1.00 bits per heavy atom. The summed E-state index contributed by atoms with van der Waals surface area (Å²) in [6.07, 6.45) is 1.98. The van der Waals surface area contributed by atoms with Crippen molar-refractivity contribution in [3.63, 3.8) is 0 Å². The Labute approximate surface area is 173 Å². The maximum Gasteiger partial charge on any atom is 0.255 e. The average molecular weight is 430 g/mol. The van der Waals surface area contributed by atoms with Gasteiger partial charge in [0.2, 0.25) is 0 Å². The summed E-state index contributed by atoms with van der Waals surface area (Å²) < 4.78 is 0. The van der Waals surface area contributed by atoms with Gasteiger partial charge in [-0.05, 0) is 36.6 Å². The lowest BCUT2D eigenvalue weighted by atomic mass is 10.1. The number of amides is 1. The normalized spacial score (nSPS) is 15.3. The lowest BCUT2D eigenvalue weighted by Crippen LogP contribution is -2.48. The molecule has 0 radical (unpaired) electrons. The van der Waals surface area contributed by atoms with Gasteiger partial charge in [-0.1, -0.05) is 40.9 Å². The Kier molecular flexibility index (Phi) is 6.76. The second-order valence-electron chi connectivity index (χ2n) is 6.11. The molecule has 1 amide bonds. The molecular weight excluding hydrogens is 411 g/mol. The van der Waals surface area contributed by atoms with Crippen LogP contribution in [0.25, 0.3) is 0 Å². The van der Waals surface area contributed by atoms with Crippen molar-refractivity contribution in [3.8, 4) is 0 Å². The number of carbonyl (C=O) groups is 1. The standard InChI is InChI=1S/C19H19Cl3N2OS/c1-26-13-5-6-18(22)14(11-13)19(25)24-9-7-23(8-10-24)12-15-16(20)3-2-4-17(15)21/h2-6,11H,7-10,12H2,1H3. The molecule has 0 atom stereocenters. The van der Waals surface area contributed by atoms with E-state index >= 15 is 0 Å². The minimum atomic E-state index is -0.0127. The van der Waals surface area contributed by atoms with Gasteiger partial charge in [-0.3, -0.25) is 9.69 Å². The number of carbonyl (C=O) groups excluding carboxylic acids is 1. The Morgan fingerprint density at radius 2 is 1.65 bits per heavy atom. The van der Waals surface area contributed by atoms with Crippen molar-refractivity contribution in [2.24, 2.45) is 0 Å². The second kappa shape index (κ2) is 8.85. The molecule has 1 aliphatic rings. The Balaban J connectivity index is 1.64. The van der Waals surface area contributed by atoms with Crippen molar-refractivity contribution in [1.82, 2.24) is 9.80 Å². The number of thioether (sulfide) groups is 1. The molecule has 3 nitrogen and oxygen atoms in total. The van der Waals surface area contributed by atoms with E-state index < -0.39 is 0 Å². The SMILES string of the molecule is CSc1ccc(Cl)c(C(=O)N2CCN(Cc3c(Cl)cccc3Cl)CC2)c1. The number of hydrogen-bond donors (Lipinski definition) is 0. The first kappa shape index (κ1) is 19.8. The zero-order valence-electron chi connectivity index (χ0n) is 14.3. The van der Waals surface area contributed by atoms with Crippen LogP contribution in [-0.4, -0.2) is 48.1 Å². The maximum atomic E-state index is 12.8. The summed E-state index contributed by atoms with van der Waals surface area (Å²) in [5.74, 6) is -0.0127. The molecule has 1 saturated heterocycles. The molecule has 1 heterocycles. The molecule has 0 aromatic heterocycles. The van der Waals surface area contributed by atoms with Gasteiger partial charge in [-0.15, -0.1) is 11.8 Å². The number of piperazine rings is 1. The molecule has 3 rings (SSSR count). The van der Waals surface area contributed by atoms with E-state index in [0.717, 1.165) is 23.5 Å². The van der Waals surface area contributed by atoms with Crippen LogP contribution in [0.4, 0.5) is 0 Å². The van der Waals surface area contributed by atoms with Crippen molar-refractivity contribution >= 4 is 52.5 Å². The summed E-state index contributed by atoms with van der Waals surface area (Å²) in [5, 5.41) is 1.85. The summed E-state index contributed by atoms with van der Waals surface area (Å²) in [7, 11) is 0. The van der Waals surface area contributed by atoms with Crippen molar-refractivity contribution in [3.05, 3.63) is 62.6 Å². The molecule has 0 N–H and O–H groups in total. The summed E-state index contributed by atoms with van der Waals surface area (Å²) in [4.78, 5) is 18.0. The molecule has 1 fully saturated rings. The van der Waals surface area contributed by atoms with Crippen LogP contribution < -0.4 is 0 Å². The quantitative estimate of drug-likeness (QED) is 0.614. The van der Waals surface area contributed by atoms with Gasteiger partial charge < -0.3 is 4.90 Å². The second-order valence-corrected chi connectivity index (χ2v) is 8.22. The van der Waals surface area contributed by atoms with Gasteiger partial charge >= 0.3 is 0 Å². The predicted molar refractivity (Wildman–Crippen MR) is 111 cm³/mol. The third-order valence-electron chi connectivity index (χ3n) is 4.51. The topological polar surface area (TPSA) is 23.6 Å². The number of hydrogen-bond acceptors (Lipinski definition) is 3. The molecule has 0 spiro atoms. The van der Waals surface area contributed by atoms with Gasteiger partial charge in [0.1, 0.15) is 0 Å². The van der Waals surface area contributed by atoms with Crippen LogP contribution in [-0.2, 0) is 6.54 Å². The molecule has 0 unspecified atom stereocenters. The highest BCUT2D eigenvalue weighted by Crippen LogP contribution is 2.27. The number of nitrogens with zero attached hydrogens (tertiary/aromatic N) is 2. The van der Waals surface area contributed by atoms with Crippen molar-refractivity contribution < 1.29 is 4.79 Å². The van der Waals surface area contributed by atoms with Crippen molar-refractivity contribution in [2.75, 3.05) is 32.4 Å². The summed E-state index contributed by atoms with van der Waals surface area (Å²) in [6, 6.07) is 11.1. The first-order valence-corrected chi connectivity index (χ1v) is 10.6. The molecular formula is C19H19Cl3N2OS. The maximum absolute atomic E-state index is 12.8. The molecule has 1 aliphatic heterocycles. The number of rotatable bonds is 4. The van der Waals surface area contributed by atoms with Crippen molar-refractivity contribution in [1.29, 1.82) is 0 Å². The van der Waals surface area contributed by atoms with Gasteiger partial charge in [0, 0.05) is 53.2 Å². The van der Waals surface area contributed by atoms with Gasteiger partial charge in [0.25, 0.3) is 5.91 Å². The molecule has 0 bridgehead atoms. The van der Waals surface area contributed by atoms with E-state index in [2.05, 4.69) is 4.90 Å². The highest BCUT2D eigenvalue weighted by atomic mass is 35.5. The van der Waals surface area contributed by atoms with Gasteiger partial charge in [-0.2, -0.15) is 0 Å². The summed E-state index contributed by atoms with van der Waals surface area (Å²) >= 11 is 20.4. The van der Waals surface area contributed by atoms with Crippen LogP contribution >= 0.6 is 46.6 Å². The fraction of sp³-hybridized carbons (Fsp3) is 0.316. The predicted octanol–water partition coefficient (Wildman–Crippen LogP) is 5.33. The van der Waals surface area contributed by atoms with E-state index in [-0.39, 0.29) is 5.91 Å². The smallest absolute Gasteiger partial charge is 0.255 e. The highest BCUT2D eigenvalue weighted by molar-refractivity contribution is 7.98. The molecule has 2 aromatic carbocycles. The van der Waals surface area contributed by atoms with Crippen LogP contribution in [0.5, 0.6) is 0 Å². The lowest BCUT2D eigenvalue weighted by Gasteiger charge is -2.35.